The molecule has 0 aliphatic heterocycles. The van der Waals surface area contributed by atoms with Crippen molar-refractivity contribution in [1.82, 2.24) is 9.55 Å². The third kappa shape index (κ3) is 1.80. The van der Waals surface area contributed by atoms with Crippen LogP contribution in [-0.2, 0) is 1.81 Å². The molecule has 0 fully saturated rings. The van der Waals surface area contributed by atoms with E-state index in [1.165, 1.54) is 4.57 Å². The van der Waals surface area contributed by atoms with E-state index in [1.807, 2.05) is 0 Å². The number of aryl methyl sites for hydroxylation is 1. The summed E-state index contributed by atoms with van der Waals surface area (Å²) in [6.45, 7) is 1.77. The fraction of sp³-hybridized carbons (Fsp3) is 0.400. The van der Waals surface area contributed by atoms with Crippen LogP contribution in [0.15, 0.2) is 12.4 Å². The average Bonchev–Trinajstić information content (AvgIpc) is 2.11. The second kappa shape index (κ2) is 2.92. The lowest BCUT2D eigenvalue weighted by Gasteiger charge is -2.12. The summed E-state index contributed by atoms with van der Waals surface area (Å²) in [6.07, 6.45) is 3.20. The summed E-state index contributed by atoms with van der Waals surface area (Å²) in [6, 6.07) is 0. The molecule has 0 N–H and O–H groups in total. The Bertz CT molecular complexity index is 228. The number of rotatable bonds is 1. The van der Waals surface area contributed by atoms with Crippen molar-refractivity contribution in [2.24, 2.45) is 0 Å². The molecule has 0 unspecified atom stereocenters. The molecular weight excluding hydrogens is 361 g/mol. The van der Waals surface area contributed by atoms with Crippen LogP contribution in [0, 0.1) is 6.92 Å². The van der Waals surface area contributed by atoms with Crippen molar-refractivity contribution in [2.45, 2.75) is 8.73 Å². The Kier molecular flexibility index (Phi) is 2.54. The van der Waals surface area contributed by atoms with Crippen LogP contribution in [0.2, 0.25) is 0 Å². The average molecular weight is 366 g/mol. The molecule has 56 valence electrons. The Morgan fingerprint density at radius 3 is 2.50 bits per heavy atom. The van der Waals surface area contributed by atoms with Crippen LogP contribution >= 0.6 is 45.2 Å². The van der Waals surface area contributed by atoms with Crippen LogP contribution in [-0.4, -0.2) is 9.55 Å². The number of hydrogen-bond donors (Lipinski definition) is 0. The van der Waals surface area contributed by atoms with Crippen molar-refractivity contribution < 1.29 is 4.39 Å². The van der Waals surface area contributed by atoms with Crippen LogP contribution in [0.25, 0.3) is 0 Å². The van der Waals surface area contributed by atoms with Gasteiger partial charge in [-0.25, -0.2) is 4.98 Å². The summed E-state index contributed by atoms with van der Waals surface area (Å²) in [5, 5.41) is 0. The topological polar surface area (TPSA) is 17.8 Å². The number of imidazole rings is 1. The van der Waals surface area contributed by atoms with E-state index in [-0.39, 0.29) is 0 Å². The van der Waals surface area contributed by atoms with E-state index < -0.39 is 1.81 Å². The fourth-order valence-corrected chi connectivity index (χ4v) is 1.67. The fourth-order valence-electron chi connectivity index (χ4n) is 0.646. The highest BCUT2D eigenvalue weighted by Crippen LogP contribution is 2.35. The molecule has 1 aromatic rings. The molecule has 0 atom stereocenters. The zero-order chi connectivity index (χ0) is 7.78. The minimum absolute atomic E-state index is 0.686. The van der Waals surface area contributed by atoms with E-state index in [4.69, 9.17) is 0 Å². The highest BCUT2D eigenvalue weighted by atomic mass is 127. The first-order chi connectivity index (χ1) is 4.52. The van der Waals surface area contributed by atoms with Crippen molar-refractivity contribution in [1.29, 1.82) is 0 Å². The Morgan fingerprint density at radius 1 is 1.70 bits per heavy atom. The summed E-state index contributed by atoms with van der Waals surface area (Å²) in [5.74, 6) is 0.686. The molecule has 0 saturated carbocycles. The summed E-state index contributed by atoms with van der Waals surface area (Å²) in [7, 11) is 0. The molecule has 0 aliphatic carbocycles. The molecule has 2 nitrogen and oxygen atoms in total. The monoisotopic (exact) mass is 366 g/mol. The molecule has 1 aromatic heterocycles. The smallest absolute Gasteiger partial charge is 0.285 e. The maximum atomic E-state index is 13.1. The molecule has 1 rings (SSSR count). The maximum absolute atomic E-state index is 13.1. The zero-order valence-corrected chi connectivity index (χ0v) is 9.50. The zero-order valence-electron chi connectivity index (χ0n) is 5.18. The number of halogens is 3. The van der Waals surface area contributed by atoms with Gasteiger partial charge in [-0.1, -0.05) is 0 Å². The number of aromatic nitrogens is 2. The van der Waals surface area contributed by atoms with Crippen LogP contribution in [0.3, 0.4) is 0 Å². The molecule has 1 heterocycles. The van der Waals surface area contributed by atoms with Gasteiger partial charge in [0.05, 0.1) is 0 Å². The summed E-state index contributed by atoms with van der Waals surface area (Å²) in [5.41, 5.74) is 0. The summed E-state index contributed by atoms with van der Waals surface area (Å²) < 4.78 is 13.2. The third-order valence-electron chi connectivity index (χ3n) is 1.10. The summed E-state index contributed by atoms with van der Waals surface area (Å²) in [4.78, 5) is 3.90. The van der Waals surface area contributed by atoms with Gasteiger partial charge in [-0.3, -0.25) is 4.57 Å². The number of alkyl halides is 3. The molecule has 0 radical (unpaired) electrons. The Labute approximate surface area is 85.5 Å². The van der Waals surface area contributed by atoms with Gasteiger partial charge in [-0.2, -0.15) is 4.39 Å². The van der Waals surface area contributed by atoms with E-state index in [0.717, 1.165) is 0 Å². The normalized spacial score (nSPS) is 12.0. The van der Waals surface area contributed by atoms with Crippen LogP contribution in [0.4, 0.5) is 4.39 Å². The predicted molar refractivity (Wildman–Crippen MR) is 54.1 cm³/mol. The van der Waals surface area contributed by atoms with Gasteiger partial charge in [0.25, 0.3) is 1.81 Å². The predicted octanol–water partition coefficient (Wildman–Crippen LogP) is 2.60. The van der Waals surface area contributed by atoms with E-state index >= 15 is 0 Å². The van der Waals surface area contributed by atoms with Gasteiger partial charge in [0.1, 0.15) is 5.82 Å². The molecule has 0 bridgehead atoms. The van der Waals surface area contributed by atoms with Gasteiger partial charge in [-0.05, 0) is 52.1 Å². The van der Waals surface area contributed by atoms with Crippen molar-refractivity contribution in [3.05, 3.63) is 18.2 Å². The molecule has 0 aliphatic rings. The Balaban J connectivity index is 3.05. The molecule has 5 heteroatoms. The molecular formula is C5H5FI2N2. The van der Waals surface area contributed by atoms with Crippen molar-refractivity contribution >= 4 is 45.2 Å². The molecule has 0 amide bonds. The SMILES string of the molecule is Cc1nccn1C(F)(I)I. The number of nitrogens with zero attached hydrogens (tertiary/aromatic N) is 2. The molecule has 0 spiro atoms. The first kappa shape index (κ1) is 8.69. The summed E-state index contributed by atoms with van der Waals surface area (Å²) >= 11 is 3.42. The number of hydrogen-bond acceptors (Lipinski definition) is 1. The van der Waals surface area contributed by atoms with Crippen molar-refractivity contribution in [2.75, 3.05) is 0 Å². The first-order valence-corrected chi connectivity index (χ1v) is 4.74. The Morgan fingerprint density at radius 2 is 2.30 bits per heavy atom. The van der Waals surface area contributed by atoms with Crippen LogP contribution in [0.5, 0.6) is 0 Å². The molecule has 0 saturated heterocycles. The van der Waals surface area contributed by atoms with Gasteiger partial charge in [0.15, 0.2) is 0 Å². The quantitative estimate of drug-likeness (QED) is 0.552. The minimum Gasteiger partial charge on any atom is -0.285 e. The lowest BCUT2D eigenvalue weighted by atomic mass is 10.7. The van der Waals surface area contributed by atoms with Crippen molar-refractivity contribution in [3.8, 4) is 0 Å². The second-order valence-electron chi connectivity index (χ2n) is 1.81. The van der Waals surface area contributed by atoms with E-state index in [1.54, 1.807) is 64.5 Å². The van der Waals surface area contributed by atoms with Crippen LogP contribution < -0.4 is 0 Å². The van der Waals surface area contributed by atoms with Gasteiger partial charge >= 0.3 is 0 Å². The van der Waals surface area contributed by atoms with Gasteiger partial charge < -0.3 is 0 Å². The highest BCUT2D eigenvalue weighted by Gasteiger charge is 2.23. The molecule has 0 aromatic carbocycles. The lowest BCUT2D eigenvalue weighted by molar-refractivity contribution is 0.355. The third-order valence-corrected chi connectivity index (χ3v) is 2.14. The minimum atomic E-state index is -1.39. The lowest BCUT2D eigenvalue weighted by Crippen LogP contribution is -2.12. The van der Waals surface area contributed by atoms with E-state index in [9.17, 15) is 4.39 Å². The highest BCUT2D eigenvalue weighted by molar-refractivity contribution is 14.2. The second-order valence-corrected chi connectivity index (χ2v) is 6.74. The van der Waals surface area contributed by atoms with Gasteiger partial charge in [0.2, 0.25) is 0 Å². The molecule has 10 heavy (non-hydrogen) atoms. The van der Waals surface area contributed by atoms with Gasteiger partial charge in [-0.15, -0.1) is 0 Å². The standard InChI is InChI=1S/C5H5FI2N2/c1-4-9-2-3-10(4)5(6,7)8/h2-3H,1H3. The largest absolute Gasteiger partial charge is 0.288 e. The van der Waals surface area contributed by atoms with Crippen molar-refractivity contribution in [3.63, 3.8) is 0 Å². The van der Waals surface area contributed by atoms with Crippen LogP contribution in [0.1, 0.15) is 5.82 Å². The maximum Gasteiger partial charge on any atom is 0.288 e. The van der Waals surface area contributed by atoms with Gasteiger partial charge in [0, 0.05) is 12.4 Å². The van der Waals surface area contributed by atoms with E-state index in [0.29, 0.717) is 5.82 Å². The Hall–Kier alpha value is 0.600. The van der Waals surface area contributed by atoms with E-state index in [2.05, 4.69) is 4.98 Å². The first-order valence-electron chi connectivity index (χ1n) is 2.59.